The van der Waals surface area contributed by atoms with E-state index in [2.05, 4.69) is 5.32 Å². The zero-order valence-corrected chi connectivity index (χ0v) is 19.9. The highest BCUT2D eigenvalue weighted by atomic mass is 35.5. The number of nitrogens with zero attached hydrogens (tertiary/aromatic N) is 1. The van der Waals surface area contributed by atoms with E-state index < -0.39 is 33.5 Å². The molecule has 6 nitrogen and oxygen atoms in total. The van der Waals surface area contributed by atoms with Crippen molar-refractivity contribution in [3.63, 3.8) is 0 Å². The van der Waals surface area contributed by atoms with Crippen molar-refractivity contribution < 1.29 is 22.4 Å². The standard InChI is InChI=1S/C25H22ClFN2O4S/c1-34(32,33)23-7-3-2-5-19(23)17-10-13-22(20(27)15-17)29-14-4-6-21(25(29)31)28-24(30)16-8-11-18(26)12-9-16/h2-3,5,7-13,15,21H,4,6,14H2,1H3,(H,28,30). The second kappa shape index (κ2) is 9.56. The maximum Gasteiger partial charge on any atom is 0.251 e. The third-order valence-electron chi connectivity index (χ3n) is 5.69. The number of amides is 2. The average molecular weight is 501 g/mol. The molecule has 0 bridgehead atoms. The number of hydrogen-bond donors (Lipinski definition) is 1. The van der Waals surface area contributed by atoms with Gasteiger partial charge in [-0.1, -0.05) is 35.9 Å². The summed E-state index contributed by atoms with van der Waals surface area (Å²) in [6.07, 6.45) is 2.12. The molecule has 1 unspecified atom stereocenters. The number of rotatable bonds is 5. The average Bonchev–Trinajstić information content (AvgIpc) is 2.80. The van der Waals surface area contributed by atoms with Crippen molar-refractivity contribution in [2.45, 2.75) is 23.8 Å². The Hall–Kier alpha value is -3.23. The van der Waals surface area contributed by atoms with E-state index in [9.17, 15) is 18.0 Å². The van der Waals surface area contributed by atoms with Crippen molar-refractivity contribution in [3.8, 4) is 11.1 Å². The SMILES string of the molecule is CS(=O)(=O)c1ccccc1-c1ccc(N2CCCC(NC(=O)c3ccc(Cl)cc3)C2=O)c(F)c1. The fourth-order valence-electron chi connectivity index (χ4n) is 4.01. The lowest BCUT2D eigenvalue weighted by molar-refractivity contribution is -0.121. The van der Waals surface area contributed by atoms with Gasteiger partial charge in [0.15, 0.2) is 9.84 Å². The second-order valence-electron chi connectivity index (χ2n) is 8.10. The van der Waals surface area contributed by atoms with Gasteiger partial charge in [-0.3, -0.25) is 9.59 Å². The number of benzene rings is 3. The van der Waals surface area contributed by atoms with Gasteiger partial charge in [-0.05, 0) is 60.9 Å². The first-order valence-electron chi connectivity index (χ1n) is 10.6. The highest BCUT2D eigenvalue weighted by Gasteiger charge is 2.32. The first-order chi connectivity index (χ1) is 16.1. The number of carbonyl (C=O) groups excluding carboxylic acids is 2. The maximum absolute atomic E-state index is 15.2. The Morgan fingerprint density at radius 3 is 2.47 bits per heavy atom. The van der Waals surface area contributed by atoms with E-state index in [4.69, 9.17) is 11.6 Å². The van der Waals surface area contributed by atoms with Crippen LogP contribution >= 0.6 is 11.6 Å². The van der Waals surface area contributed by atoms with Gasteiger partial charge in [0.2, 0.25) is 5.91 Å². The van der Waals surface area contributed by atoms with Gasteiger partial charge in [-0.25, -0.2) is 12.8 Å². The molecule has 1 aliphatic heterocycles. The Kier molecular flexibility index (Phi) is 6.72. The van der Waals surface area contributed by atoms with Crippen LogP contribution in [0, 0.1) is 5.82 Å². The lowest BCUT2D eigenvalue weighted by Gasteiger charge is -2.33. The van der Waals surface area contributed by atoms with E-state index in [1.54, 1.807) is 48.5 Å². The molecule has 3 aromatic rings. The quantitative estimate of drug-likeness (QED) is 0.560. The number of halogens is 2. The minimum absolute atomic E-state index is 0.0797. The van der Waals surface area contributed by atoms with Crippen molar-refractivity contribution in [1.82, 2.24) is 5.32 Å². The number of sulfone groups is 1. The number of anilines is 1. The maximum atomic E-state index is 15.2. The first kappa shape index (κ1) is 23.9. The van der Waals surface area contributed by atoms with Crippen LogP contribution < -0.4 is 10.2 Å². The van der Waals surface area contributed by atoms with Gasteiger partial charge in [0.25, 0.3) is 5.91 Å². The molecule has 9 heteroatoms. The summed E-state index contributed by atoms with van der Waals surface area (Å²) in [7, 11) is -3.51. The Morgan fingerprint density at radius 2 is 1.79 bits per heavy atom. The van der Waals surface area contributed by atoms with Crippen LogP contribution in [0.25, 0.3) is 11.1 Å². The molecule has 1 saturated heterocycles. The van der Waals surface area contributed by atoms with Crippen LogP contribution in [0.3, 0.4) is 0 Å². The summed E-state index contributed by atoms with van der Waals surface area (Å²) >= 11 is 5.86. The zero-order valence-electron chi connectivity index (χ0n) is 18.3. The molecule has 0 radical (unpaired) electrons. The second-order valence-corrected chi connectivity index (χ2v) is 10.5. The van der Waals surface area contributed by atoms with E-state index in [1.807, 2.05) is 0 Å². The van der Waals surface area contributed by atoms with E-state index in [1.165, 1.54) is 23.1 Å². The molecule has 0 aliphatic carbocycles. The van der Waals surface area contributed by atoms with Crippen LogP contribution in [-0.4, -0.2) is 39.1 Å². The molecule has 1 heterocycles. The number of hydrogen-bond acceptors (Lipinski definition) is 4. The first-order valence-corrected chi connectivity index (χ1v) is 12.9. The summed E-state index contributed by atoms with van der Waals surface area (Å²) in [4.78, 5) is 27.0. The number of piperidine rings is 1. The van der Waals surface area contributed by atoms with Gasteiger partial charge >= 0.3 is 0 Å². The lowest BCUT2D eigenvalue weighted by Crippen LogP contribution is -2.52. The van der Waals surface area contributed by atoms with Crippen molar-refractivity contribution in [3.05, 3.63) is 83.1 Å². The smallest absolute Gasteiger partial charge is 0.251 e. The minimum Gasteiger partial charge on any atom is -0.340 e. The van der Waals surface area contributed by atoms with E-state index in [0.29, 0.717) is 41.1 Å². The third kappa shape index (κ3) is 4.98. The minimum atomic E-state index is -3.51. The Bertz CT molecular complexity index is 1360. The number of nitrogens with one attached hydrogen (secondary N) is 1. The van der Waals surface area contributed by atoms with Crippen molar-refractivity contribution in [2.24, 2.45) is 0 Å². The monoisotopic (exact) mass is 500 g/mol. The lowest BCUT2D eigenvalue weighted by atomic mass is 10.0. The molecule has 1 fully saturated rings. The molecule has 1 aliphatic rings. The Balaban J connectivity index is 1.57. The Labute approximate surface area is 202 Å². The van der Waals surface area contributed by atoms with Crippen molar-refractivity contribution in [2.75, 3.05) is 17.7 Å². The van der Waals surface area contributed by atoms with Gasteiger partial charge in [0.05, 0.1) is 10.6 Å². The van der Waals surface area contributed by atoms with Crippen LogP contribution in [0.4, 0.5) is 10.1 Å². The molecule has 1 N–H and O–H groups in total. The predicted octanol–water partition coefficient (Wildman–Crippen LogP) is 4.48. The fourth-order valence-corrected chi connectivity index (χ4v) is 5.05. The van der Waals surface area contributed by atoms with E-state index >= 15 is 4.39 Å². The molecule has 2 amide bonds. The molecule has 176 valence electrons. The van der Waals surface area contributed by atoms with Crippen molar-refractivity contribution >= 4 is 38.9 Å². The van der Waals surface area contributed by atoms with Crippen LogP contribution in [0.5, 0.6) is 0 Å². The highest BCUT2D eigenvalue weighted by molar-refractivity contribution is 7.90. The molecule has 34 heavy (non-hydrogen) atoms. The molecule has 3 aromatic carbocycles. The zero-order chi connectivity index (χ0) is 24.5. The van der Waals surface area contributed by atoms with E-state index in [0.717, 1.165) is 6.26 Å². The Morgan fingerprint density at radius 1 is 1.09 bits per heavy atom. The van der Waals surface area contributed by atoms with Gasteiger partial charge in [0.1, 0.15) is 11.9 Å². The molecule has 0 spiro atoms. The molecule has 1 atom stereocenters. The van der Waals surface area contributed by atoms with Crippen molar-refractivity contribution in [1.29, 1.82) is 0 Å². The molecule has 0 aromatic heterocycles. The summed E-state index contributed by atoms with van der Waals surface area (Å²) in [5.74, 6) is -1.47. The van der Waals surface area contributed by atoms with E-state index in [-0.39, 0.29) is 10.6 Å². The molecule has 0 saturated carbocycles. The normalized spacial score (nSPS) is 16.4. The third-order valence-corrected chi connectivity index (χ3v) is 7.09. The van der Waals surface area contributed by atoms with Gasteiger partial charge in [-0.2, -0.15) is 0 Å². The van der Waals surface area contributed by atoms with Gasteiger partial charge in [-0.15, -0.1) is 0 Å². The van der Waals surface area contributed by atoms with Gasteiger partial charge < -0.3 is 10.2 Å². The summed E-state index contributed by atoms with van der Waals surface area (Å²) in [5.41, 5.74) is 1.22. The summed E-state index contributed by atoms with van der Waals surface area (Å²) < 4.78 is 39.4. The fraction of sp³-hybridized carbons (Fsp3) is 0.200. The highest BCUT2D eigenvalue weighted by Crippen LogP contribution is 2.32. The summed E-state index contributed by atoms with van der Waals surface area (Å²) in [5, 5.41) is 3.22. The van der Waals surface area contributed by atoms with Crippen LogP contribution in [0.15, 0.2) is 71.6 Å². The molecular weight excluding hydrogens is 479 g/mol. The van der Waals surface area contributed by atoms with Crippen LogP contribution in [0.2, 0.25) is 5.02 Å². The largest absolute Gasteiger partial charge is 0.340 e. The topological polar surface area (TPSA) is 83.6 Å². The van der Waals surface area contributed by atoms with Crippen LogP contribution in [0.1, 0.15) is 23.2 Å². The van der Waals surface area contributed by atoms with Gasteiger partial charge in [0, 0.05) is 29.0 Å². The molecule has 4 rings (SSSR count). The van der Waals surface area contributed by atoms with Crippen LogP contribution in [-0.2, 0) is 14.6 Å². The summed E-state index contributed by atoms with van der Waals surface area (Å²) in [6.45, 7) is 0.308. The number of carbonyl (C=O) groups is 2. The summed E-state index contributed by atoms with van der Waals surface area (Å²) in [6, 6.07) is 16.2. The predicted molar refractivity (Wildman–Crippen MR) is 129 cm³/mol. The molecular formula is C25H22ClFN2O4S.